The first-order valence-corrected chi connectivity index (χ1v) is 11.1. The summed E-state index contributed by atoms with van der Waals surface area (Å²) in [4.78, 5) is 33.9. The number of aryl methyl sites for hydroxylation is 1. The molecule has 0 radical (unpaired) electrons. The van der Waals surface area contributed by atoms with Crippen LogP contribution in [0.5, 0.6) is 0 Å². The maximum Gasteiger partial charge on any atom is 0.254 e. The molecular formula is C24H25N3O2S. The predicted octanol–water partition coefficient (Wildman–Crippen LogP) is 4.15. The number of carbonyl (C=O) groups is 2. The van der Waals surface area contributed by atoms with E-state index in [1.165, 1.54) is 5.56 Å². The Kier molecular flexibility index (Phi) is 6.23. The lowest BCUT2D eigenvalue weighted by atomic mass is 10.1. The Labute approximate surface area is 181 Å². The van der Waals surface area contributed by atoms with E-state index < -0.39 is 0 Å². The van der Waals surface area contributed by atoms with E-state index in [0.29, 0.717) is 18.7 Å². The molecule has 0 fully saturated rings. The lowest BCUT2D eigenvalue weighted by molar-refractivity contribution is -0.134. The summed E-state index contributed by atoms with van der Waals surface area (Å²) in [5.74, 6) is -0.1000. The van der Waals surface area contributed by atoms with E-state index in [4.69, 9.17) is 0 Å². The van der Waals surface area contributed by atoms with Crippen LogP contribution in [-0.2, 0) is 24.3 Å². The molecule has 2 aromatic carbocycles. The van der Waals surface area contributed by atoms with Crippen molar-refractivity contribution < 1.29 is 9.59 Å². The van der Waals surface area contributed by atoms with Crippen molar-refractivity contribution in [1.82, 2.24) is 14.8 Å². The van der Waals surface area contributed by atoms with Gasteiger partial charge in [0.1, 0.15) is 11.6 Å². The highest BCUT2D eigenvalue weighted by atomic mass is 32.1. The number of amides is 2. The highest BCUT2D eigenvalue weighted by Crippen LogP contribution is 2.23. The van der Waals surface area contributed by atoms with Gasteiger partial charge in [0, 0.05) is 29.7 Å². The number of hydrogen-bond donors (Lipinski definition) is 0. The summed E-state index contributed by atoms with van der Waals surface area (Å²) >= 11 is 1.55. The highest BCUT2D eigenvalue weighted by molar-refractivity contribution is 7.09. The molecule has 0 spiro atoms. The molecule has 0 saturated carbocycles. The molecule has 6 heteroatoms. The van der Waals surface area contributed by atoms with Crippen molar-refractivity contribution in [2.75, 3.05) is 6.54 Å². The number of fused-ring (bicyclic) bond motifs is 1. The minimum absolute atomic E-state index is 0.0353. The molecule has 1 aromatic heterocycles. The normalized spacial score (nSPS) is 13.9. The molecule has 2 heterocycles. The third-order valence-electron chi connectivity index (χ3n) is 5.56. The molecule has 0 saturated heterocycles. The molecule has 0 aliphatic carbocycles. The SMILES string of the molecule is C[C@H](CCc1ccccc1)N(Cc1nccs1)C(=O)CN1Cc2ccccc2C1=O. The Morgan fingerprint density at radius 1 is 1.17 bits per heavy atom. The van der Waals surface area contributed by atoms with Gasteiger partial charge in [-0.15, -0.1) is 11.3 Å². The van der Waals surface area contributed by atoms with Gasteiger partial charge in [0.2, 0.25) is 5.91 Å². The zero-order chi connectivity index (χ0) is 20.9. The topological polar surface area (TPSA) is 53.5 Å². The number of carbonyl (C=O) groups excluding carboxylic acids is 2. The summed E-state index contributed by atoms with van der Waals surface area (Å²) in [7, 11) is 0. The van der Waals surface area contributed by atoms with Crippen LogP contribution in [-0.4, -0.2) is 39.2 Å². The van der Waals surface area contributed by atoms with Crippen molar-refractivity contribution in [3.05, 3.63) is 87.9 Å². The Balaban J connectivity index is 1.45. The molecule has 154 valence electrons. The first-order chi connectivity index (χ1) is 14.6. The van der Waals surface area contributed by atoms with Crippen LogP contribution in [0, 0.1) is 0 Å². The van der Waals surface area contributed by atoms with Crippen LogP contribution in [0.1, 0.15) is 39.8 Å². The number of aromatic nitrogens is 1. The van der Waals surface area contributed by atoms with E-state index in [9.17, 15) is 9.59 Å². The molecule has 0 N–H and O–H groups in total. The van der Waals surface area contributed by atoms with Gasteiger partial charge in [0.25, 0.3) is 5.91 Å². The van der Waals surface area contributed by atoms with Crippen molar-refractivity contribution >= 4 is 23.2 Å². The third-order valence-corrected chi connectivity index (χ3v) is 6.32. The van der Waals surface area contributed by atoms with Gasteiger partial charge in [-0.25, -0.2) is 4.98 Å². The van der Waals surface area contributed by atoms with Crippen LogP contribution in [0.15, 0.2) is 66.2 Å². The maximum absolute atomic E-state index is 13.3. The van der Waals surface area contributed by atoms with Gasteiger partial charge >= 0.3 is 0 Å². The molecule has 1 aliphatic rings. The van der Waals surface area contributed by atoms with Crippen molar-refractivity contribution in [3.63, 3.8) is 0 Å². The Morgan fingerprint density at radius 3 is 2.67 bits per heavy atom. The average molecular weight is 420 g/mol. The van der Waals surface area contributed by atoms with E-state index in [2.05, 4.69) is 24.0 Å². The Morgan fingerprint density at radius 2 is 1.93 bits per heavy atom. The van der Waals surface area contributed by atoms with E-state index in [-0.39, 0.29) is 24.4 Å². The fraction of sp³-hybridized carbons (Fsp3) is 0.292. The minimum atomic E-state index is -0.0647. The Bertz CT molecular complexity index is 1000. The van der Waals surface area contributed by atoms with Gasteiger partial charge < -0.3 is 9.80 Å². The van der Waals surface area contributed by atoms with E-state index in [1.54, 1.807) is 22.4 Å². The molecule has 3 aromatic rings. The Hall–Kier alpha value is -2.99. The summed E-state index contributed by atoms with van der Waals surface area (Å²) in [6.45, 7) is 3.13. The zero-order valence-electron chi connectivity index (χ0n) is 17.0. The fourth-order valence-electron chi connectivity index (χ4n) is 3.84. The molecule has 0 bridgehead atoms. The standard InChI is InChI=1S/C24H25N3O2S/c1-18(11-12-19-7-3-2-4-8-19)27(16-22-25-13-14-30-22)23(28)17-26-15-20-9-5-6-10-21(20)24(26)29/h2-10,13-14,18H,11-12,15-17H2,1H3/t18-/m1/s1. The summed E-state index contributed by atoms with van der Waals surface area (Å²) in [5, 5.41) is 2.83. The molecule has 1 aliphatic heterocycles. The first kappa shape index (κ1) is 20.3. The monoisotopic (exact) mass is 419 g/mol. The highest BCUT2D eigenvalue weighted by Gasteiger charge is 2.31. The minimum Gasteiger partial charge on any atom is -0.332 e. The van der Waals surface area contributed by atoms with Crippen LogP contribution in [0.4, 0.5) is 0 Å². The zero-order valence-corrected chi connectivity index (χ0v) is 17.8. The van der Waals surface area contributed by atoms with Crippen LogP contribution >= 0.6 is 11.3 Å². The maximum atomic E-state index is 13.3. The summed E-state index contributed by atoms with van der Waals surface area (Å²) < 4.78 is 0. The number of rotatable bonds is 8. The second-order valence-electron chi connectivity index (χ2n) is 7.64. The molecule has 1 atom stereocenters. The predicted molar refractivity (Wildman–Crippen MR) is 118 cm³/mol. The first-order valence-electron chi connectivity index (χ1n) is 10.2. The summed E-state index contributed by atoms with van der Waals surface area (Å²) in [6, 6.07) is 17.9. The molecule has 2 amide bonds. The summed E-state index contributed by atoms with van der Waals surface area (Å²) in [5.41, 5.74) is 2.95. The molecule has 30 heavy (non-hydrogen) atoms. The second kappa shape index (κ2) is 9.22. The van der Waals surface area contributed by atoms with Crippen LogP contribution in [0.3, 0.4) is 0 Å². The van der Waals surface area contributed by atoms with Gasteiger partial charge in [-0.3, -0.25) is 9.59 Å². The molecule has 5 nitrogen and oxygen atoms in total. The van der Waals surface area contributed by atoms with Crippen molar-refractivity contribution in [1.29, 1.82) is 0 Å². The largest absolute Gasteiger partial charge is 0.332 e. The molecular weight excluding hydrogens is 394 g/mol. The van der Waals surface area contributed by atoms with Gasteiger partial charge in [-0.1, -0.05) is 48.5 Å². The summed E-state index contributed by atoms with van der Waals surface area (Å²) in [6.07, 6.45) is 3.52. The van der Waals surface area contributed by atoms with Crippen molar-refractivity contribution in [3.8, 4) is 0 Å². The fourth-order valence-corrected chi connectivity index (χ4v) is 4.45. The smallest absolute Gasteiger partial charge is 0.254 e. The van der Waals surface area contributed by atoms with Crippen LogP contribution in [0.25, 0.3) is 0 Å². The lowest BCUT2D eigenvalue weighted by Crippen LogP contribution is -2.44. The van der Waals surface area contributed by atoms with Gasteiger partial charge in [-0.05, 0) is 37.0 Å². The average Bonchev–Trinajstić information content (AvgIpc) is 3.39. The van der Waals surface area contributed by atoms with Gasteiger partial charge in [-0.2, -0.15) is 0 Å². The third kappa shape index (κ3) is 4.60. The number of thiazole rings is 1. The number of benzene rings is 2. The van der Waals surface area contributed by atoms with Crippen molar-refractivity contribution in [2.45, 2.75) is 38.9 Å². The van der Waals surface area contributed by atoms with E-state index in [0.717, 1.165) is 23.4 Å². The van der Waals surface area contributed by atoms with Crippen LogP contribution < -0.4 is 0 Å². The number of hydrogen-bond acceptors (Lipinski definition) is 4. The lowest BCUT2D eigenvalue weighted by Gasteiger charge is -2.30. The van der Waals surface area contributed by atoms with Crippen LogP contribution in [0.2, 0.25) is 0 Å². The second-order valence-corrected chi connectivity index (χ2v) is 8.62. The van der Waals surface area contributed by atoms with E-state index >= 15 is 0 Å². The quantitative estimate of drug-likeness (QED) is 0.551. The number of nitrogens with zero attached hydrogens (tertiary/aromatic N) is 3. The molecule has 4 rings (SSSR count). The van der Waals surface area contributed by atoms with E-state index in [1.807, 2.05) is 52.7 Å². The van der Waals surface area contributed by atoms with Crippen molar-refractivity contribution in [2.24, 2.45) is 0 Å². The van der Waals surface area contributed by atoms with Gasteiger partial charge in [0.05, 0.1) is 6.54 Å². The molecule has 0 unspecified atom stereocenters. The van der Waals surface area contributed by atoms with Gasteiger partial charge in [0.15, 0.2) is 0 Å².